The summed E-state index contributed by atoms with van der Waals surface area (Å²) >= 11 is 6.26. The molecule has 6 nitrogen and oxygen atoms in total. The van der Waals surface area contributed by atoms with Crippen molar-refractivity contribution < 1.29 is 28.5 Å². The fourth-order valence-corrected chi connectivity index (χ4v) is 4.87. The van der Waals surface area contributed by atoms with Gasteiger partial charge in [0, 0.05) is 36.8 Å². The molecule has 0 unspecified atom stereocenters. The number of cyclic esters (lactones) is 2. The zero-order valence-electron chi connectivity index (χ0n) is 18.4. The third-order valence-electron chi connectivity index (χ3n) is 6.08. The van der Waals surface area contributed by atoms with Crippen LogP contribution >= 0.6 is 11.6 Å². The number of carbonyl (C=O) groups is 2. The van der Waals surface area contributed by atoms with Crippen LogP contribution in [0.1, 0.15) is 43.2 Å². The van der Waals surface area contributed by atoms with Crippen molar-refractivity contribution in [1.29, 1.82) is 0 Å². The summed E-state index contributed by atoms with van der Waals surface area (Å²) in [6.07, 6.45) is 4.27. The van der Waals surface area contributed by atoms with Gasteiger partial charge in [-0.1, -0.05) is 35.9 Å². The average molecular weight is 457 g/mol. The standard InChI is InChI=1S/C25H25ClO6/c1-24(2)31-22(27)25(23(28)32-24)20(15-7-5-8-17(26)11-15)9-6-10-21(25)16-12-18(29-3)14-19(13-16)30-4/h5-8,10-14,20-21H,9H2,1-4H3/t20-,21+/m0/s1. The summed E-state index contributed by atoms with van der Waals surface area (Å²) in [5.74, 6) is -2.71. The Balaban J connectivity index is 1.95. The molecule has 0 N–H and O–H groups in total. The summed E-state index contributed by atoms with van der Waals surface area (Å²) in [7, 11) is 3.09. The number of carbonyl (C=O) groups excluding carboxylic acids is 2. The molecule has 2 aromatic carbocycles. The van der Waals surface area contributed by atoms with Gasteiger partial charge in [-0.3, -0.25) is 9.59 Å². The summed E-state index contributed by atoms with van der Waals surface area (Å²) in [6.45, 7) is 3.10. The number of benzene rings is 2. The number of hydrogen-bond donors (Lipinski definition) is 0. The van der Waals surface area contributed by atoms with Gasteiger partial charge in [0.1, 0.15) is 11.5 Å². The molecule has 32 heavy (non-hydrogen) atoms. The Labute approximate surface area is 192 Å². The maximum absolute atomic E-state index is 13.7. The number of halogens is 1. The van der Waals surface area contributed by atoms with Crippen molar-refractivity contribution in [1.82, 2.24) is 0 Å². The van der Waals surface area contributed by atoms with Crippen molar-refractivity contribution in [2.24, 2.45) is 5.41 Å². The monoisotopic (exact) mass is 456 g/mol. The Morgan fingerprint density at radius 2 is 1.56 bits per heavy atom. The van der Waals surface area contributed by atoms with Crippen LogP contribution in [0.25, 0.3) is 0 Å². The molecule has 2 atom stereocenters. The third-order valence-corrected chi connectivity index (χ3v) is 6.31. The number of allylic oxidation sites excluding steroid dienone is 2. The van der Waals surface area contributed by atoms with Crippen LogP contribution in [0, 0.1) is 5.41 Å². The predicted molar refractivity (Wildman–Crippen MR) is 119 cm³/mol. The molecule has 0 bridgehead atoms. The minimum atomic E-state index is -1.63. The van der Waals surface area contributed by atoms with Crippen LogP contribution in [-0.4, -0.2) is 31.9 Å². The number of ether oxygens (including phenoxy) is 4. The van der Waals surface area contributed by atoms with Crippen LogP contribution in [0.15, 0.2) is 54.6 Å². The van der Waals surface area contributed by atoms with Gasteiger partial charge in [0.15, 0.2) is 5.41 Å². The van der Waals surface area contributed by atoms with Crippen LogP contribution in [0.2, 0.25) is 5.02 Å². The smallest absolute Gasteiger partial charge is 0.328 e. The summed E-state index contributed by atoms with van der Waals surface area (Å²) < 4.78 is 22.2. The van der Waals surface area contributed by atoms with Crippen molar-refractivity contribution in [3.63, 3.8) is 0 Å². The zero-order valence-corrected chi connectivity index (χ0v) is 19.1. The number of rotatable bonds is 4. The van der Waals surface area contributed by atoms with E-state index >= 15 is 0 Å². The minimum Gasteiger partial charge on any atom is -0.497 e. The van der Waals surface area contributed by atoms with Crippen LogP contribution in [0.4, 0.5) is 0 Å². The first-order valence-corrected chi connectivity index (χ1v) is 10.7. The van der Waals surface area contributed by atoms with Gasteiger partial charge in [0.05, 0.1) is 14.2 Å². The minimum absolute atomic E-state index is 0.447. The lowest BCUT2D eigenvalue weighted by Crippen LogP contribution is -2.59. The summed E-state index contributed by atoms with van der Waals surface area (Å²) in [5, 5.41) is 0.518. The molecule has 1 heterocycles. The Morgan fingerprint density at radius 3 is 2.12 bits per heavy atom. The third kappa shape index (κ3) is 3.62. The second kappa shape index (κ2) is 8.17. The average Bonchev–Trinajstić information content (AvgIpc) is 2.76. The molecule has 1 spiro atoms. The topological polar surface area (TPSA) is 71.1 Å². The molecule has 1 aliphatic heterocycles. The first kappa shape index (κ1) is 22.2. The van der Waals surface area contributed by atoms with Crippen molar-refractivity contribution in [2.45, 2.75) is 37.9 Å². The van der Waals surface area contributed by atoms with Crippen LogP contribution in [0.3, 0.4) is 0 Å². The Morgan fingerprint density at radius 1 is 0.938 bits per heavy atom. The van der Waals surface area contributed by atoms with E-state index in [1.54, 1.807) is 64.5 Å². The summed E-state index contributed by atoms with van der Waals surface area (Å²) in [5.41, 5.74) is -0.195. The van der Waals surface area contributed by atoms with E-state index in [0.717, 1.165) is 5.56 Å². The van der Waals surface area contributed by atoms with E-state index in [4.69, 9.17) is 30.5 Å². The van der Waals surface area contributed by atoms with Crippen LogP contribution in [0.5, 0.6) is 11.5 Å². The van der Waals surface area contributed by atoms with E-state index in [1.807, 2.05) is 18.2 Å². The highest BCUT2D eigenvalue weighted by atomic mass is 35.5. The van der Waals surface area contributed by atoms with Gasteiger partial charge in [0.2, 0.25) is 0 Å². The van der Waals surface area contributed by atoms with Gasteiger partial charge in [-0.05, 0) is 41.8 Å². The van der Waals surface area contributed by atoms with E-state index in [2.05, 4.69) is 0 Å². The fourth-order valence-electron chi connectivity index (χ4n) is 4.67. The second-order valence-electron chi connectivity index (χ2n) is 8.44. The number of esters is 2. The van der Waals surface area contributed by atoms with Crippen molar-refractivity contribution in [2.75, 3.05) is 14.2 Å². The van der Waals surface area contributed by atoms with Gasteiger partial charge in [-0.25, -0.2) is 0 Å². The molecule has 4 rings (SSSR count). The molecular formula is C25H25ClO6. The fraction of sp³-hybridized carbons (Fsp3) is 0.360. The highest BCUT2D eigenvalue weighted by Gasteiger charge is 2.65. The molecule has 168 valence electrons. The van der Waals surface area contributed by atoms with E-state index in [-0.39, 0.29) is 0 Å². The van der Waals surface area contributed by atoms with Crippen molar-refractivity contribution in [3.05, 3.63) is 70.8 Å². The molecule has 2 aromatic rings. The Kier molecular flexibility index (Phi) is 5.67. The van der Waals surface area contributed by atoms with E-state index < -0.39 is 35.0 Å². The largest absolute Gasteiger partial charge is 0.497 e. The lowest BCUT2D eigenvalue weighted by Gasteiger charge is -2.48. The molecule has 1 fully saturated rings. The van der Waals surface area contributed by atoms with Gasteiger partial charge in [-0.15, -0.1) is 0 Å². The molecule has 0 aromatic heterocycles. The van der Waals surface area contributed by atoms with Gasteiger partial charge < -0.3 is 18.9 Å². The lowest BCUT2D eigenvalue weighted by atomic mass is 9.58. The summed E-state index contributed by atoms with van der Waals surface area (Å²) in [6, 6.07) is 12.5. The van der Waals surface area contributed by atoms with Crippen LogP contribution in [-0.2, 0) is 19.1 Å². The molecule has 2 aliphatic rings. The summed E-state index contributed by atoms with van der Waals surface area (Å²) in [4.78, 5) is 27.4. The normalized spacial score (nSPS) is 23.4. The predicted octanol–water partition coefficient (Wildman–Crippen LogP) is 5.01. The van der Waals surface area contributed by atoms with Gasteiger partial charge >= 0.3 is 11.9 Å². The van der Waals surface area contributed by atoms with E-state index in [9.17, 15) is 9.59 Å². The molecule has 0 saturated carbocycles. The molecular weight excluding hydrogens is 432 g/mol. The quantitative estimate of drug-likeness (QED) is 0.366. The first-order chi connectivity index (χ1) is 15.2. The van der Waals surface area contributed by atoms with E-state index in [0.29, 0.717) is 28.5 Å². The maximum atomic E-state index is 13.7. The van der Waals surface area contributed by atoms with Gasteiger partial charge in [-0.2, -0.15) is 0 Å². The number of methoxy groups -OCH3 is 2. The van der Waals surface area contributed by atoms with Gasteiger partial charge in [0.25, 0.3) is 5.79 Å². The highest BCUT2D eigenvalue weighted by molar-refractivity contribution is 6.30. The second-order valence-corrected chi connectivity index (χ2v) is 8.88. The molecule has 0 amide bonds. The van der Waals surface area contributed by atoms with E-state index in [1.165, 1.54) is 0 Å². The van der Waals surface area contributed by atoms with Crippen LogP contribution < -0.4 is 9.47 Å². The highest BCUT2D eigenvalue weighted by Crippen LogP contribution is 2.57. The molecule has 0 radical (unpaired) electrons. The maximum Gasteiger partial charge on any atom is 0.328 e. The molecule has 1 saturated heterocycles. The first-order valence-electron chi connectivity index (χ1n) is 10.3. The Bertz CT molecular complexity index is 1050. The number of hydrogen-bond acceptors (Lipinski definition) is 6. The Hall–Kier alpha value is -2.99. The lowest BCUT2D eigenvalue weighted by molar-refractivity contribution is -0.254. The SMILES string of the molecule is COc1cc(OC)cc([C@H]2C=CC[C@@H](c3cccc(Cl)c3)C23C(=O)OC(C)(C)OC3=O)c1. The van der Waals surface area contributed by atoms with Crippen molar-refractivity contribution in [3.8, 4) is 11.5 Å². The zero-order chi connectivity index (χ0) is 23.1. The molecule has 1 aliphatic carbocycles. The molecule has 7 heteroatoms. The van der Waals surface area contributed by atoms with Crippen molar-refractivity contribution >= 4 is 23.5 Å².